The summed E-state index contributed by atoms with van der Waals surface area (Å²) in [6, 6.07) is 0. The minimum atomic E-state index is -1.39. The Hall–Kier alpha value is -0.355. The molecule has 1 fully saturated rings. The molecule has 13 heavy (non-hydrogen) atoms. The molecule has 0 aromatic rings. The van der Waals surface area contributed by atoms with Gasteiger partial charge in [0, 0.05) is 6.61 Å². The zero-order chi connectivity index (χ0) is 9.52. The van der Waals surface area contributed by atoms with E-state index >= 15 is 0 Å². The lowest BCUT2D eigenvalue weighted by Crippen LogP contribution is -2.22. The normalized spacial score (nSPS) is 23.7. The Morgan fingerprint density at radius 1 is 1.46 bits per heavy atom. The highest BCUT2D eigenvalue weighted by atomic mass is 16.7. The van der Waals surface area contributed by atoms with Gasteiger partial charge in [-0.05, 0) is 19.3 Å². The molecule has 1 rings (SSSR count). The van der Waals surface area contributed by atoms with Crippen molar-refractivity contribution in [3.05, 3.63) is 12.1 Å². The van der Waals surface area contributed by atoms with Crippen LogP contribution in [0, 0.1) is 0 Å². The molecule has 0 aromatic carbocycles. The van der Waals surface area contributed by atoms with Gasteiger partial charge in [0.2, 0.25) is 0 Å². The summed E-state index contributed by atoms with van der Waals surface area (Å²) in [7, 11) is -1.39. The first-order valence-electron chi connectivity index (χ1n) is 4.55. The zero-order valence-electron chi connectivity index (χ0n) is 7.56. The molecule has 0 spiro atoms. The van der Waals surface area contributed by atoms with Gasteiger partial charge in [0.1, 0.15) is 0 Å². The highest BCUT2D eigenvalue weighted by Gasteiger charge is 2.12. The SMILES string of the molecule is OB(O)/C=C/COC1CCCCO1. The molecule has 0 radical (unpaired) electrons. The van der Waals surface area contributed by atoms with Crippen LogP contribution in [0.2, 0.25) is 0 Å². The van der Waals surface area contributed by atoms with Crippen molar-refractivity contribution in [2.45, 2.75) is 25.6 Å². The average molecular weight is 186 g/mol. The standard InChI is InChI=1S/C8H15BO4/c10-9(11)5-3-7-13-8-4-1-2-6-12-8/h3,5,8,10-11H,1-2,4,6-7H2/b5-3+. The molecule has 1 heterocycles. The molecule has 74 valence electrons. The first-order chi connectivity index (χ1) is 6.29. The summed E-state index contributed by atoms with van der Waals surface area (Å²) in [6.07, 6.45) is 4.62. The van der Waals surface area contributed by atoms with E-state index in [-0.39, 0.29) is 6.29 Å². The van der Waals surface area contributed by atoms with Crippen LogP contribution in [0.1, 0.15) is 19.3 Å². The second kappa shape index (κ2) is 6.15. The van der Waals surface area contributed by atoms with Crippen molar-refractivity contribution in [2.24, 2.45) is 0 Å². The van der Waals surface area contributed by atoms with Gasteiger partial charge in [0.15, 0.2) is 6.29 Å². The van der Waals surface area contributed by atoms with Gasteiger partial charge in [-0.25, -0.2) is 0 Å². The van der Waals surface area contributed by atoms with Gasteiger partial charge in [-0.15, -0.1) is 0 Å². The van der Waals surface area contributed by atoms with Crippen LogP contribution in [0.3, 0.4) is 0 Å². The minimum absolute atomic E-state index is 0.116. The van der Waals surface area contributed by atoms with E-state index in [1.54, 1.807) is 6.08 Å². The molecule has 1 saturated heterocycles. The fraction of sp³-hybridized carbons (Fsp3) is 0.750. The Morgan fingerprint density at radius 3 is 2.92 bits per heavy atom. The monoisotopic (exact) mass is 186 g/mol. The van der Waals surface area contributed by atoms with Crippen molar-refractivity contribution in [1.29, 1.82) is 0 Å². The molecule has 0 saturated carbocycles. The third-order valence-corrected chi connectivity index (χ3v) is 1.82. The van der Waals surface area contributed by atoms with E-state index in [4.69, 9.17) is 19.5 Å². The molecule has 4 nitrogen and oxygen atoms in total. The lowest BCUT2D eigenvalue weighted by atomic mass is 9.92. The van der Waals surface area contributed by atoms with Crippen molar-refractivity contribution in [1.82, 2.24) is 0 Å². The van der Waals surface area contributed by atoms with E-state index in [2.05, 4.69) is 0 Å². The average Bonchev–Trinajstić information content (AvgIpc) is 2.14. The lowest BCUT2D eigenvalue weighted by Gasteiger charge is -2.21. The number of hydrogen-bond donors (Lipinski definition) is 2. The smallest absolute Gasteiger partial charge is 0.424 e. The molecule has 0 aliphatic carbocycles. The first-order valence-corrected chi connectivity index (χ1v) is 4.55. The molecular formula is C8H15BO4. The van der Waals surface area contributed by atoms with Crippen LogP contribution in [0.4, 0.5) is 0 Å². The van der Waals surface area contributed by atoms with Crippen LogP contribution >= 0.6 is 0 Å². The summed E-state index contributed by atoms with van der Waals surface area (Å²) in [5, 5.41) is 16.9. The Labute approximate surface area is 78.3 Å². The second-order valence-electron chi connectivity index (χ2n) is 2.97. The Kier molecular flexibility index (Phi) is 5.08. The van der Waals surface area contributed by atoms with Crippen LogP contribution in [-0.2, 0) is 9.47 Å². The predicted molar refractivity (Wildman–Crippen MR) is 48.9 cm³/mol. The number of rotatable bonds is 4. The molecule has 1 unspecified atom stereocenters. The predicted octanol–water partition coefficient (Wildman–Crippen LogP) is 0.0978. The van der Waals surface area contributed by atoms with Gasteiger partial charge in [0.25, 0.3) is 0 Å². The highest BCUT2D eigenvalue weighted by Crippen LogP contribution is 2.13. The Bertz CT molecular complexity index is 154. The van der Waals surface area contributed by atoms with Crippen LogP contribution in [-0.4, -0.2) is 36.7 Å². The molecule has 1 aliphatic rings. The molecule has 0 amide bonds. The lowest BCUT2D eigenvalue weighted by molar-refractivity contribution is -0.155. The summed E-state index contributed by atoms with van der Waals surface area (Å²) in [6.45, 7) is 1.12. The molecular weight excluding hydrogens is 171 g/mol. The topological polar surface area (TPSA) is 58.9 Å². The Balaban J connectivity index is 2.04. The summed E-state index contributed by atoms with van der Waals surface area (Å²) in [4.78, 5) is 0. The maximum Gasteiger partial charge on any atom is 0.480 e. The molecule has 2 N–H and O–H groups in total. The van der Waals surface area contributed by atoms with Crippen molar-refractivity contribution in [3.8, 4) is 0 Å². The Morgan fingerprint density at radius 2 is 2.31 bits per heavy atom. The van der Waals surface area contributed by atoms with Crippen molar-refractivity contribution < 1.29 is 19.5 Å². The zero-order valence-corrected chi connectivity index (χ0v) is 7.56. The van der Waals surface area contributed by atoms with E-state index in [0.717, 1.165) is 25.9 Å². The van der Waals surface area contributed by atoms with Crippen LogP contribution in [0.15, 0.2) is 12.1 Å². The largest absolute Gasteiger partial charge is 0.480 e. The second-order valence-corrected chi connectivity index (χ2v) is 2.97. The summed E-state index contributed by atoms with van der Waals surface area (Å²) in [5.41, 5.74) is 0. The minimum Gasteiger partial charge on any atom is -0.424 e. The maximum absolute atomic E-state index is 8.47. The van der Waals surface area contributed by atoms with E-state index in [1.807, 2.05) is 0 Å². The van der Waals surface area contributed by atoms with Gasteiger partial charge >= 0.3 is 7.12 Å². The first kappa shape index (κ1) is 10.7. The molecule has 0 bridgehead atoms. The van der Waals surface area contributed by atoms with E-state index in [0.29, 0.717) is 6.61 Å². The molecule has 1 aliphatic heterocycles. The molecule has 5 heteroatoms. The van der Waals surface area contributed by atoms with Gasteiger partial charge in [-0.3, -0.25) is 0 Å². The third kappa shape index (κ3) is 5.05. The van der Waals surface area contributed by atoms with Crippen molar-refractivity contribution in [3.63, 3.8) is 0 Å². The van der Waals surface area contributed by atoms with E-state index in [9.17, 15) is 0 Å². The van der Waals surface area contributed by atoms with E-state index < -0.39 is 7.12 Å². The van der Waals surface area contributed by atoms with Crippen molar-refractivity contribution in [2.75, 3.05) is 13.2 Å². The van der Waals surface area contributed by atoms with Crippen LogP contribution < -0.4 is 0 Å². The summed E-state index contributed by atoms with van der Waals surface area (Å²) < 4.78 is 10.6. The van der Waals surface area contributed by atoms with Gasteiger partial charge in [-0.1, -0.05) is 12.1 Å². The molecule has 0 aromatic heterocycles. The van der Waals surface area contributed by atoms with Crippen LogP contribution in [0.5, 0.6) is 0 Å². The third-order valence-electron chi connectivity index (χ3n) is 1.82. The summed E-state index contributed by atoms with van der Waals surface area (Å²) >= 11 is 0. The number of ether oxygens (including phenoxy) is 2. The van der Waals surface area contributed by atoms with Crippen LogP contribution in [0.25, 0.3) is 0 Å². The highest BCUT2D eigenvalue weighted by molar-refractivity contribution is 6.47. The quantitative estimate of drug-likeness (QED) is 0.611. The fourth-order valence-electron chi connectivity index (χ4n) is 1.18. The number of hydrogen-bond acceptors (Lipinski definition) is 4. The van der Waals surface area contributed by atoms with Gasteiger partial charge in [-0.2, -0.15) is 0 Å². The fourth-order valence-corrected chi connectivity index (χ4v) is 1.18. The van der Waals surface area contributed by atoms with Gasteiger partial charge < -0.3 is 19.5 Å². The summed E-state index contributed by atoms with van der Waals surface area (Å²) in [5.74, 6) is 1.27. The van der Waals surface area contributed by atoms with E-state index in [1.165, 1.54) is 5.98 Å². The van der Waals surface area contributed by atoms with Crippen molar-refractivity contribution >= 4 is 7.12 Å². The maximum atomic E-state index is 8.47. The molecule has 1 atom stereocenters. The van der Waals surface area contributed by atoms with Gasteiger partial charge in [0.05, 0.1) is 6.61 Å².